The molecule has 0 saturated carbocycles. The van der Waals surface area contributed by atoms with E-state index in [1.54, 1.807) is 36.4 Å². The number of amides is 1. The Morgan fingerprint density at radius 3 is 2.55 bits per heavy atom. The fourth-order valence-corrected chi connectivity index (χ4v) is 1.80. The summed E-state index contributed by atoms with van der Waals surface area (Å²) in [5.41, 5.74) is 3.73. The molecule has 2 rings (SSSR count). The minimum absolute atomic E-state index is 0.119. The Labute approximate surface area is 136 Å². The molecule has 2 aromatic carbocycles. The molecule has 0 aliphatic rings. The molecule has 6 heteroatoms. The van der Waals surface area contributed by atoms with Crippen LogP contribution in [0.4, 0.5) is 0 Å². The average Bonchev–Trinajstić information content (AvgIpc) is 2.55. The van der Waals surface area contributed by atoms with Gasteiger partial charge in [-0.15, -0.1) is 0 Å². The van der Waals surface area contributed by atoms with Gasteiger partial charge in [0.2, 0.25) is 0 Å². The lowest BCUT2D eigenvalue weighted by molar-refractivity contribution is -0.123. The highest BCUT2D eigenvalue weighted by molar-refractivity contribution is 9.10. The zero-order valence-corrected chi connectivity index (χ0v) is 13.1. The summed E-state index contributed by atoms with van der Waals surface area (Å²) in [6.07, 6.45) is 1.50. The van der Waals surface area contributed by atoms with Crippen LogP contribution in [0.15, 0.2) is 58.1 Å². The van der Waals surface area contributed by atoms with Crippen LogP contribution >= 0.6 is 15.9 Å². The van der Waals surface area contributed by atoms with Crippen LogP contribution in [0.5, 0.6) is 5.75 Å². The van der Waals surface area contributed by atoms with Gasteiger partial charge in [0, 0.05) is 4.47 Å². The van der Waals surface area contributed by atoms with Gasteiger partial charge in [-0.2, -0.15) is 10.4 Å². The Morgan fingerprint density at radius 2 is 1.91 bits per heavy atom. The standard InChI is InChI=1S/C16H12BrN3O2/c17-14-5-7-15(8-6-14)22-11-16(21)20-19-10-13-3-1-12(9-18)2-4-13/h1-8,10H,11H2,(H,20,21)/b19-10-. The van der Waals surface area contributed by atoms with Crippen molar-refractivity contribution in [2.45, 2.75) is 0 Å². The monoisotopic (exact) mass is 357 g/mol. The zero-order chi connectivity index (χ0) is 15.8. The molecule has 2 aromatic rings. The molecular weight excluding hydrogens is 346 g/mol. The number of carbonyl (C=O) groups is 1. The highest BCUT2D eigenvalue weighted by atomic mass is 79.9. The Hall–Kier alpha value is -2.65. The van der Waals surface area contributed by atoms with E-state index >= 15 is 0 Å². The maximum Gasteiger partial charge on any atom is 0.277 e. The Morgan fingerprint density at radius 1 is 1.23 bits per heavy atom. The lowest BCUT2D eigenvalue weighted by Gasteiger charge is -2.04. The van der Waals surface area contributed by atoms with Crippen LogP contribution in [0.1, 0.15) is 11.1 Å². The van der Waals surface area contributed by atoms with Gasteiger partial charge in [0.15, 0.2) is 6.61 Å². The zero-order valence-electron chi connectivity index (χ0n) is 11.5. The molecule has 0 fully saturated rings. The molecule has 0 atom stereocenters. The molecule has 0 heterocycles. The molecule has 0 spiro atoms. The first kappa shape index (κ1) is 15.7. The lowest BCUT2D eigenvalue weighted by Crippen LogP contribution is -2.24. The van der Waals surface area contributed by atoms with E-state index in [4.69, 9.17) is 10.00 Å². The molecule has 110 valence electrons. The van der Waals surface area contributed by atoms with Crippen molar-refractivity contribution in [1.82, 2.24) is 5.43 Å². The van der Waals surface area contributed by atoms with E-state index in [9.17, 15) is 4.79 Å². The molecular formula is C16H12BrN3O2. The van der Waals surface area contributed by atoms with E-state index in [0.717, 1.165) is 10.0 Å². The van der Waals surface area contributed by atoms with Crippen molar-refractivity contribution >= 4 is 28.1 Å². The first-order chi connectivity index (χ1) is 10.7. The number of rotatable bonds is 5. The third-order valence-corrected chi connectivity index (χ3v) is 3.15. The minimum Gasteiger partial charge on any atom is -0.484 e. The summed E-state index contributed by atoms with van der Waals surface area (Å²) in [6, 6.07) is 16.1. The second-order valence-corrected chi connectivity index (χ2v) is 5.19. The van der Waals surface area contributed by atoms with Crippen LogP contribution in [0, 0.1) is 11.3 Å². The second-order valence-electron chi connectivity index (χ2n) is 4.27. The predicted molar refractivity (Wildman–Crippen MR) is 86.5 cm³/mol. The van der Waals surface area contributed by atoms with Crippen LogP contribution < -0.4 is 10.2 Å². The number of hydrogen-bond acceptors (Lipinski definition) is 4. The largest absolute Gasteiger partial charge is 0.484 e. The van der Waals surface area contributed by atoms with Gasteiger partial charge in [-0.25, -0.2) is 5.43 Å². The van der Waals surface area contributed by atoms with Gasteiger partial charge in [0.05, 0.1) is 17.8 Å². The molecule has 1 amide bonds. The van der Waals surface area contributed by atoms with Gasteiger partial charge in [-0.3, -0.25) is 4.79 Å². The van der Waals surface area contributed by atoms with Crippen LogP contribution in [0.2, 0.25) is 0 Å². The number of halogens is 1. The predicted octanol–water partition coefficient (Wildman–Crippen LogP) is 2.85. The number of ether oxygens (including phenoxy) is 1. The number of nitrogens with one attached hydrogen (secondary N) is 1. The number of hydrogen-bond donors (Lipinski definition) is 1. The van der Waals surface area contributed by atoms with Gasteiger partial charge >= 0.3 is 0 Å². The maximum absolute atomic E-state index is 11.6. The van der Waals surface area contributed by atoms with Crippen molar-refractivity contribution in [1.29, 1.82) is 5.26 Å². The molecule has 5 nitrogen and oxygen atoms in total. The van der Waals surface area contributed by atoms with Crippen LogP contribution in [0.25, 0.3) is 0 Å². The van der Waals surface area contributed by atoms with E-state index in [-0.39, 0.29) is 12.5 Å². The van der Waals surface area contributed by atoms with E-state index in [0.29, 0.717) is 11.3 Å². The smallest absolute Gasteiger partial charge is 0.277 e. The summed E-state index contributed by atoms with van der Waals surface area (Å²) in [5, 5.41) is 12.5. The Balaban J connectivity index is 1.78. The molecule has 0 saturated heterocycles. The number of carbonyl (C=O) groups excluding carboxylic acids is 1. The number of nitriles is 1. The summed E-state index contributed by atoms with van der Waals surface area (Å²) in [6.45, 7) is -0.119. The normalized spacial score (nSPS) is 10.2. The van der Waals surface area contributed by atoms with Crippen molar-refractivity contribution in [2.75, 3.05) is 6.61 Å². The van der Waals surface area contributed by atoms with Crippen molar-refractivity contribution in [3.63, 3.8) is 0 Å². The number of benzene rings is 2. The average molecular weight is 358 g/mol. The molecule has 1 N–H and O–H groups in total. The van der Waals surface area contributed by atoms with E-state index in [2.05, 4.69) is 26.5 Å². The van der Waals surface area contributed by atoms with Crippen molar-refractivity contribution in [3.8, 4) is 11.8 Å². The van der Waals surface area contributed by atoms with Crippen molar-refractivity contribution < 1.29 is 9.53 Å². The highest BCUT2D eigenvalue weighted by Gasteiger charge is 2.01. The van der Waals surface area contributed by atoms with Crippen LogP contribution in [-0.2, 0) is 4.79 Å². The first-order valence-electron chi connectivity index (χ1n) is 6.38. The summed E-state index contributed by atoms with van der Waals surface area (Å²) in [4.78, 5) is 11.6. The van der Waals surface area contributed by atoms with E-state index in [1.807, 2.05) is 18.2 Å². The lowest BCUT2D eigenvalue weighted by atomic mass is 10.2. The van der Waals surface area contributed by atoms with Crippen molar-refractivity contribution in [3.05, 3.63) is 64.1 Å². The summed E-state index contributed by atoms with van der Waals surface area (Å²) in [7, 11) is 0. The molecule has 0 radical (unpaired) electrons. The second kappa shape index (κ2) is 7.96. The molecule has 0 aromatic heterocycles. The van der Waals surface area contributed by atoms with Gasteiger partial charge in [-0.1, -0.05) is 28.1 Å². The van der Waals surface area contributed by atoms with Gasteiger partial charge in [0.25, 0.3) is 5.91 Å². The fourth-order valence-electron chi connectivity index (χ4n) is 1.53. The molecule has 22 heavy (non-hydrogen) atoms. The number of hydrazone groups is 1. The SMILES string of the molecule is N#Cc1ccc(/C=N\NC(=O)COc2ccc(Br)cc2)cc1. The highest BCUT2D eigenvalue weighted by Crippen LogP contribution is 2.15. The maximum atomic E-state index is 11.6. The minimum atomic E-state index is -0.354. The van der Waals surface area contributed by atoms with E-state index < -0.39 is 0 Å². The van der Waals surface area contributed by atoms with Gasteiger partial charge in [-0.05, 0) is 42.0 Å². The molecule has 0 unspecified atom stereocenters. The van der Waals surface area contributed by atoms with Gasteiger partial charge in [0.1, 0.15) is 5.75 Å². The van der Waals surface area contributed by atoms with Crippen LogP contribution in [-0.4, -0.2) is 18.7 Å². The number of nitrogens with zero attached hydrogens (tertiary/aromatic N) is 2. The Kier molecular flexibility index (Phi) is 5.69. The van der Waals surface area contributed by atoms with Gasteiger partial charge < -0.3 is 4.74 Å². The third-order valence-electron chi connectivity index (χ3n) is 2.63. The fraction of sp³-hybridized carbons (Fsp3) is 0.0625. The molecule has 0 bridgehead atoms. The van der Waals surface area contributed by atoms with Crippen LogP contribution in [0.3, 0.4) is 0 Å². The summed E-state index contributed by atoms with van der Waals surface area (Å²) >= 11 is 3.32. The molecule has 0 aliphatic carbocycles. The Bertz CT molecular complexity index is 704. The van der Waals surface area contributed by atoms with Crippen molar-refractivity contribution in [2.24, 2.45) is 5.10 Å². The summed E-state index contributed by atoms with van der Waals surface area (Å²) < 4.78 is 6.25. The summed E-state index contributed by atoms with van der Waals surface area (Å²) in [5.74, 6) is 0.252. The molecule has 0 aliphatic heterocycles. The first-order valence-corrected chi connectivity index (χ1v) is 7.17. The van der Waals surface area contributed by atoms with E-state index in [1.165, 1.54) is 6.21 Å². The third kappa shape index (κ3) is 5.04. The topological polar surface area (TPSA) is 74.5 Å². The quantitative estimate of drug-likeness (QED) is 0.660.